The fourth-order valence-electron chi connectivity index (χ4n) is 2.96. The van der Waals surface area contributed by atoms with Gasteiger partial charge in [-0.05, 0) is 34.2 Å². The molecule has 1 unspecified atom stereocenters. The first-order valence-corrected chi connectivity index (χ1v) is 8.50. The standard InChI is InChI=1S/C18H25N3O4/c1-5-20-9-8-14(22)13(11-20)21-10-7-12(3)15(17(21)23)16(19-4)18(24)25-6-2/h8-9,11,16,19H,5-7,10H2,1-4H3. The van der Waals surface area contributed by atoms with Crippen LogP contribution in [-0.4, -0.2) is 42.7 Å². The second-order valence-electron chi connectivity index (χ2n) is 5.90. The van der Waals surface area contributed by atoms with Gasteiger partial charge in [0, 0.05) is 37.1 Å². The lowest BCUT2D eigenvalue weighted by Gasteiger charge is -2.32. The fourth-order valence-corrected chi connectivity index (χ4v) is 2.96. The lowest BCUT2D eigenvalue weighted by atomic mass is 9.94. The number of nitrogens with zero attached hydrogens (tertiary/aromatic N) is 2. The molecule has 1 amide bonds. The average molecular weight is 347 g/mol. The summed E-state index contributed by atoms with van der Waals surface area (Å²) >= 11 is 0. The molecule has 0 fully saturated rings. The summed E-state index contributed by atoms with van der Waals surface area (Å²) in [6, 6.07) is 0.616. The van der Waals surface area contributed by atoms with Crippen LogP contribution in [0.4, 0.5) is 5.69 Å². The first kappa shape index (κ1) is 18.9. The maximum atomic E-state index is 13.1. The molecule has 1 aromatic heterocycles. The van der Waals surface area contributed by atoms with Crippen LogP contribution < -0.4 is 15.6 Å². The van der Waals surface area contributed by atoms with Gasteiger partial charge in [0.1, 0.15) is 11.7 Å². The van der Waals surface area contributed by atoms with E-state index in [4.69, 9.17) is 4.74 Å². The van der Waals surface area contributed by atoms with Crippen LogP contribution in [0.3, 0.4) is 0 Å². The number of hydrogen-bond donors (Lipinski definition) is 1. The second kappa shape index (κ2) is 8.11. The van der Waals surface area contributed by atoms with Gasteiger partial charge < -0.3 is 19.5 Å². The lowest BCUT2D eigenvalue weighted by Crippen LogP contribution is -2.48. The Morgan fingerprint density at radius 1 is 1.36 bits per heavy atom. The van der Waals surface area contributed by atoms with Crippen LogP contribution in [0, 0.1) is 0 Å². The predicted molar refractivity (Wildman–Crippen MR) is 95.5 cm³/mol. The van der Waals surface area contributed by atoms with Crippen molar-refractivity contribution < 1.29 is 14.3 Å². The first-order valence-electron chi connectivity index (χ1n) is 8.50. The van der Waals surface area contributed by atoms with E-state index in [2.05, 4.69) is 5.32 Å². The Morgan fingerprint density at radius 2 is 2.08 bits per heavy atom. The molecule has 0 aromatic carbocycles. The zero-order valence-corrected chi connectivity index (χ0v) is 15.2. The van der Waals surface area contributed by atoms with E-state index in [0.717, 1.165) is 5.57 Å². The summed E-state index contributed by atoms with van der Waals surface area (Å²) in [4.78, 5) is 39.0. The van der Waals surface area contributed by atoms with E-state index in [1.165, 1.54) is 11.0 Å². The summed E-state index contributed by atoms with van der Waals surface area (Å²) in [5, 5.41) is 2.86. The van der Waals surface area contributed by atoms with Crippen molar-refractivity contribution in [3.05, 3.63) is 39.8 Å². The summed E-state index contributed by atoms with van der Waals surface area (Å²) in [6.07, 6.45) is 3.97. The van der Waals surface area contributed by atoms with Gasteiger partial charge in [-0.3, -0.25) is 9.59 Å². The van der Waals surface area contributed by atoms with Crippen molar-refractivity contribution in [1.29, 1.82) is 0 Å². The molecule has 0 saturated carbocycles. The maximum Gasteiger partial charge on any atom is 0.327 e. The number of esters is 1. The zero-order chi connectivity index (χ0) is 18.6. The Balaban J connectivity index is 2.43. The third kappa shape index (κ3) is 3.82. The monoisotopic (exact) mass is 347 g/mol. The molecular formula is C18H25N3O4. The van der Waals surface area contributed by atoms with Crippen LogP contribution in [-0.2, 0) is 20.9 Å². The lowest BCUT2D eigenvalue weighted by molar-refractivity contribution is -0.145. The van der Waals surface area contributed by atoms with Gasteiger partial charge in [0.15, 0.2) is 0 Å². The Bertz CT molecular complexity index is 751. The quantitative estimate of drug-likeness (QED) is 0.779. The van der Waals surface area contributed by atoms with E-state index in [-0.39, 0.29) is 17.9 Å². The molecule has 1 aromatic rings. The number of likely N-dealkylation sites (N-methyl/N-ethyl adjacent to an activating group) is 1. The molecule has 0 bridgehead atoms. The largest absolute Gasteiger partial charge is 0.465 e. The van der Waals surface area contributed by atoms with Crippen LogP contribution in [0.15, 0.2) is 34.4 Å². The van der Waals surface area contributed by atoms with Crippen LogP contribution in [0.25, 0.3) is 0 Å². The maximum absolute atomic E-state index is 13.1. The van der Waals surface area contributed by atoms with Crippen molar-refractivity contribution in [1.82, 2.24) is 9.88 Å². The minimum absolute atomic E-state index is 0.214. The molecule has 7 nitrogen and oxygen atoms in total. The van der Waals surface area contributed by atoms with Gasteiger partial charge in [0.25, 0.3) is 5.91 Å². The SMILES string of the molecule is CCOC(=O)C(NC)C1=C(C)CCN(c2cn(CC)ccc2=O)C1=O. The molecule has 7 heteroatoms. The second-order valence-corrected chi connectivity index (χ2v) is 5.90. The molecule has 0 radical (unpaired) electrons. The third-order valence-corrected chi connectivity index (χ3v) is 4.36. The van der Waals surface area contributed by atoms with Gasteiger partial charge >= 0.3 is 5.97 Å². The highest BCUT2D eigenvalue weighted by atomic mass is 16.5. The molecule has 0 spiro atoms. The Kier molecular flexibility index (Phi) is 6.14. The number of anilines is 1. The smallest absolute Gasteiger partial charge is 0.327 e. The fraction of sp³-hybridized carbons (Fsp3) is 0.500. The van der Waals surface area contributed by atoms with Crippen LogP contribution in [0.2, 0.25) is 0 Å². The van der Waals surface area contributed by atoms with E-state index >= 15 is 0 Å². The minimum Gasteiger partial charge on any atom is -0.465 e. The molecule has 2 heterocycles. The van der Waals surface area contributed by atoms with Gasteiger partial charge in [-0.2, -0.15) is 0 Å². The van der Waals surface area contributed by atoms with E-state index in [0.29, 0.717) is 30.8 Å². The summed E-state index contributed by atoms with van der Waals surface area (Å²) in [7, 11) is 1.61. The summed E-state index contributed by atoms with van der Waals surface area (Å²) in [5.74, 6) is -0.823. The van der Waals surface area contributed by atoms with Gasteiger partial charge in [-0.25, -0.2) is 4.79 Å². The molecule has 0 saturated heterocycles. The highest BCUT2D eigenvalue weighted by Crippen LogP contribution is 2.25. The van der Waals surface area contributed by atoms with Crippen molar-refractivity contribution in [2.24, 2.45) is 0 Å². The molecule has 1 N–H and O–H groups in total. The Hall–Kier alpha value is -2.41. The minimum atomic E-state index is -0.840. The third-order valence-electron chi connectivity index (χ3n) is 4.36. The van der Waals surface area contributed by atoms with Crippen molar-refractivity contribution in [3.63, 3.8) is 0 Å². The number of hydrogen-bond acceptors (Lipinski definition) is 5. The number of ether oxygens (including phenoxy) is 1. The van der Waals surface area contributed by atoms with Crippen molar-refractivity contribution >= 4 is 17.6 Å². The molecule has 1 atom stereocenters. The number of rotatable bonds is 6. The molecule has 2 rings (SSSR count). The van der Waals surface area contributed by atoms with Crippen LogP contribution in [0.5, 0.6) is 0 Å². The number of pyridine rings is 1. The molecular weight excluding hydrogens is 322 g/mol. The van der Waals surface area contributed by atoms with E-state index < -0.39 is 12.0 Å². The molecule has 136 valence electrons. The van der Waals surface area contributed by atoms with Gasteiger partial charge in [0.05, 0.1) is 6.61 Å². The number of carbonyl (C=O) groups is 2. The van der Waals surface area contributed by atoms with Crippen molar-refractivity contribution in [3.8, 4) is 0 Å². The summed E-state index contributed by atoms with van der Waals surface area (Å²) in [5.41, 5.74) is 1.31. The number of carbonyl (C=O) groups excluding carboxylic acids is 2. The summed E-state index contributed by atoms with van der Waals surface area (Å²) < 4.78 is 6.92. The summed E-state index contributed by atoms with van der Waals surface area (Å²) in [6.45, 7) is 6.86. The van der Waals surface area contributed by atoms with Crippen molar-refractivity contribution in [2.45, 2.75) is 39.8 Å². The highest BCUT2D eigenvalue weighted by molar-refractivity contribution is 6.11. The number of amides is 1. The van der Waals surface area contributed by atoms with Gasteiger partial charge in [-0.1, -0.05) is 5.57 Å². The van der Waals surface area contributed by atoms with E-state index in [1.807, 2.05) is 18.4 Å². The molecule has 1 aliphatic heterocycles. The van der Waals surface area contributed by atoms with Gasteiger partial charge in [0.2, 0.25) is 5.43 Å². The number of nitrogens with one attached hydrogen (secondary N) is 1. The molecule has 25 heavy (non-hydrogen) atoms. The Morgan fingerprint density at radius 3 is 2.68 bits per heavy atom. The first-order chi connectivity index (χ1) is 11.9. The topological polar surface area (TPSA) is 80.6 Å². The normalized spacial score (nSPS) is 16.2. The Labute approximate surface area is 147 Å². The average Bonchev–Trinajstić information content (AvgIpc) is 2.59. The van der Waals surface area contributed by atoms with Crippen LogP contribution >= 0.6 is 0 Å². The number of aryl methyl sites for hydroxylation is 1. The van der Waals surface area contributed by atoms with Crippen molar-refractivity contribution in [2.75, 3.05) is 25.1 Å². The number of aromatic nitrogens is 1. The van der Waals surface area contributed by atoms with Gasteiger partial charge in [-0.15, -0.1) is 0 Å². The highest BCUT2D eigenvalue weighted by Gasteiger charge is 2.36. The van der Waals surface area contributed by atoms with E-state index in [9.17, 15) is 14.4 Å². The van der Waals surface area contributed by atoms with Crippen LogP contribution in [0.1, 0.15) is 27.2 Å². The predicted octanol–water partition coefficient (Wildman–Crippen LogP) is 1.07. The van der Waals surface area contributed by atoms with E-state index in [1.54, 1.807) is 26.4 Å². The molecule has 1 aliphatic rings. The molecule has 0 aliphatic carbocycles. The zero-order valence-electron chi connectivity index (χ0n) is 15.2.